The van der Waals surface area contributed by atoms with Crippen LogP contribution in [0.2, 0.25) is 0 Å². The molecule has 116 valence electrons. The van der Waals surface area contributed by atoms with Crippen molar-refractivity contribution >= 4 is 23.1 Å². The molecule has 0 radical (unpaired) electrons. The Morgan fingerprint density at radius 2 is 1.91 bits per heavy atom. The van der Waals surface area contributed by atoms with Crippen molar-refractivity contribution < 1.29 is 4.98 Å². The molecule has 22 heavy (non-hydrogen) atoms. The van der Waals surface area contributed by atoms with E-state index < -0.39 is 0 Å². The van der Waals surface area contributed by atoms with Crippen molar-refractivity contribution in [2.75, 3.05) is 16.1 Å². The Balaban J connectivity index is 1.77. The van der Waals surface area contributed by atoms with Crippen LogP contribution in [-0.4, -0.2) is 11.0 Å². The Hall–Kier alpha value is -2.34. The van der Waals surface area contributed by atoms with E-state index in [0.29, 0.717) is 17.5 Å². The first-order valence-electron chi connectivity index (χ1n) is 7.78. The number of rotatable bonds is 4. The molecule has 6 N–H and O–H groups in total. The van der Waals surface area contributed by atoms with Gasteiger partial charge in [0.05, 0.1) is 23.6 Å². The average Bonchev–Trinajstić information content (AvgIpc) is 2.56. The quantitative estimate of drug-likeness (QED) is 0.457. The molecule has 6 nitrogen and oxygen atoms in total. The van der Waals surface area contributed by atoms with Crippen LogP contribution in [0.3, 0.4) is 0 Å². The van der Waals surface area contributed by atoms with Gasteiger partial charge in [0.1, 0.15) is 0 Å². The van der Waals surface area contributed by atoms with Gasteiger partial charge in [-0.3, -0.25) is 5.32 Å². The minimum atomic E-state index is 0.487. The summed E-state index contributed by atoms with van der Waals surface area (Å²) in [5.41, 5.74) is 7.34. The molecule has 0 amide bonds. The SMILES string of the molecule is Nc1ccccc1N(N)c1cc[nH+]c(NC2CCCCC2)n1. The molecule has 1 heterocycles. The Kier molecular flexibility index (Phi) is 4.39. The maximum absolute atomic E-state index is 6.17. The fourth-order valence-electron chi connectivity index (χ4n) is 2.86. The average molecular weight is 299 g/mol. The lowest BCUT2D eigenvalue weighted by molar-refractivity contribution is -0.365. The van der Waals surface area contributed by atoms with Crippen LogP contribution in [0.1, 0.15) is 32.1 Å². The molecule has 0 aliphatic heterocycles. The summed E-state index contributed by atoms with van der Waals surface area (Å²) in [5.74, 6) is 7.56. The third kappa shape index (κ3) is 3.28. The summed E-state index contributed by atoms with van der Waals surface area (Å²) in [5, 5.41) is 4.97. The molecular weight excluding hydrogens is 276 g/mol. The third-order valence-corrected chi connectivity index (χ3v) is 4.07. The molecule has 0 unspecified atom stereocenters. The first-order chi connectivity index (χ1) is 10.7. The molecule has 1 aliphatic carbocycles. The zero-order chi connectivity index (χ0) is 15.4. The van der Waals surface area contributed by atoms with Crippen molar-refractivity contribution in [3.8, 4) is 0 Å². The number of aromatic amines is 1. The Bertz CT molecular complexity index is 624. The highest BCUT2D eigenvalue weighted by Crippen LogP contribution is 2.26. The number of nitrogens with two attached hydrogens (primary N) is 2. The van der Waals surface area contributed by atoms with E-state index in [0.717, 1.165) is 11.6 Å². The molecule has 0 spiro atoms. The largest absolute Gasteiger partial charge is 0.397 e. The van der Waals surface area contributed by atoms with Crippen LogP contribution in [0.25, 0.3) is 0 Å². The molecule has 0 saturated heterocycles. The maximum atomic E-state index is 6.17. The van der Waals surface area contributed by atoms with Crippen LogP contribution in [0.5, 0.6) is 0 Å². The number of hydrazine groups is 1. The van der Waals surface area contributed by atoms with E-state index in [1.165, 1.54) is 37.1 Å². The van der Waals surface area contributed by atoms with E-state index in [4.69, 9.17) is 11.6 Å². The number of para-hydroxylation sites is 2. The zero-order valence-electron chi connectivity index (χ0n) is 12.6. The number of benzene rings is 1. The van der Waals surface area contributed by atoms with Crippen LogP contribution in [0.15, 0.2) is 36.5 Å². The van der Waals surface area contributed by atoms with E-state index in [-0.39, 0.29) is 0 Å². The lowest BCUT2D eigenvalue weighted by Gasteiger charge is -2.20. The molecule has 1 fully saturated rings. The highest BCUT2D eigenvalue weighted by molar-refractivity contribution is 5.72. The summed E-state index contributed by atoms with van der Waals surface area (Å²) < 4.78 is 0. The Labute approximate surface area is 130 Å². The first kappa shape index (κ1) is 14.6. The van der Waals surface area contributed by atoms with Gasteiger partial charge in [0.25, 0.3) is 0 Å². The van der Waals surface area contributed by atoms with Crippen LogP contribution >= 0.6 is 0 Å². The fourth-order valence-corrected chi connectivity index (χ4v) is 2.86. The number of nitrogens with one attached hydrogen (secondary N) is 2. The van der Waals surface area contributed by atoms with E-state index in [1.54, 1.807) is 0 Å². The van der Waals surface area contributed by atoms with Crippen molar-refractivity contribution in [1.29, 1.82) is 0 Å². The van der Waals surface area contributed by atoms with Gasteiger partial charge in [-0.25, -0.2) is 15.8 Å². The summed E-state index contributed by atoms with van der Waals surface area (Å²) >= 11 is 0. The van der Waals surface area contributed by atoms with Gasteiger partial charge in [0.2, 0.25) is 5.82 Å². The van der Waals surface area contributed by atoms with Crippen molar-refractivity contribution in [3.63, 3.8) is 0 Å². The summed E-state index contributed by atoms with van der Waals surface area (Å²) in [6.07, 6.45) is 8.11. The second kappa shape index (κ2) is 6.62. The van der Waals surface area contributed by atoms with E-state index >= 15 is 0 Å². The van der Waals surface area contributed by atoms with E-state index in [1.807, 2.05) is 36.5 Å². The van der Waals surface area contributed by atoms with Gasteiger partial charge in [-0.2, -0.15) is 0 Å². The number of nitrogens with zero attached hydrogens (tertiary/aromatic N) is 2. The smallest absolute Gasteiger partial charge is 0.391 e. The number of hydrogen-bond donors (Lipinski definition) is 3. The summed E-state index contributed by atoms with van der Waals surface area (Å²) in [7, 11) is 0. The lowest BCUT2D eigenvalue weighted by Crippen LogP contribution is -2.30. The monoisotopic (exact) mass is 299 g/mol. The van der Waals surface area contributed by atoms with Crippen LogP contribution in [0, 0.1) is 0 Å². The van der Waals surface area contributed by atoms with E-state index in [2.05, 4.69) is 15.3 Å². The van der Waals surface area contributed by atoms with Gasteiger partial charge < -0.3 is 5.73 Å². The lowest BCUT2D eigenvalue weighted by atomic mass is 9.96. The van der Waals surface area contributed by atoms with Gasteiger partial charge >= 0.3 is 5.95 Å². The summed E-state index contributed by atoms with van der Waals surface area (Å²) in [6, 6.07) is 9.81. The molecule has 1 aromatic heterocycles. The molecule has 1 aromatic carbocycles. The van der Waals surface area contributed by atoms with Gasteiger partial charge in [0.15, 0.2) is 0 Å². The van der Waals surface area contributed by atoms with Crippen molar-refractivity contribution in [3.05, 3.63) is 36.5 Å². The third-order valence-electron chi connectivity index (χ3n) is 4.07. The predicted octanol–water partition coefficient (Wildman–Crippen LogP) is 2.23. The topological polar surface area (TPSA) is 94.3 Å². The zero-order valence-corrected chi connectivity index (χ0v) is 12.6. The minimum Gasteiger partial charge on any atom is -0.397 e. The molecule has 0 bridgehead atoms. The molecule has 0 atom stereocenters. The summed E-state index contributed by atoms with van der Waals surface area (Å²) in [4.78, 5) is 7.70. The second-order valence-corrected chi connectivity index (χ2v) is 5.70. The minimum absolute atomic E-state index is 0.487. The first-order valence-corrected chi connectivity index (χ1v) is 7.78. The van der Waals surface area contributed by atoms with Crippen molar-refractivity contribution in [2.24, 2.45) is 5.84 Å². The van der Waals surface area contributed by atoms with Gasteiger partial charge in [-0.15, -0.1) is 0 Å². The normalized spacial score (nSPS) is 15.5. The highest BCUT2D eigenvalue weighted by Gasteiger charge is 2.20. The number of aromatic nitrogens is 2. The number of nitrogen functional groups attached to an aromatic ring is 1. The molecule has 3 rings (SSSR count). The van der Waals surface area contributed by atoms with Gasteiger partial charge in [0, 0.05) is 6.07 Å². The van der Waals surface area contributed by atoms with Crippen molar-refractivity contribution in [1.82, 2.24) is 4.98 Å². The Morgan fingerprint density at radius 1 is 1.14 bits per heavy atom. The van der Waals surface area contributed by atoms with Gasteiger partial charge in [-0.1, -0.05) is 36.4 Å². The molecular formula is C16H23N6+. The standard InChI is InChI=1S/C16H22N6/c17-13-8-4-5-9-14(13)22(18)15-10-11-19-16(21-15)20-12-6-2-1-3-7-12/h4-5,8-12H,1-3,6-7,17-18H2,(H,19,20,21)/p+1. The maximum Gasteiger partial charge on any atom is 0.391 e. The molecule has 6 heteroatoms. The van der Waals surface area contributed by atoms with Crippen LogP contribution in [-0.2, 0) is 0 Å². The van der Waals surface area contributed by atoms with Crippen LogP contribution < -0.4 is 26.9 Å². The number of hydrogen-bond acceptors (Lipinski definition) is 5. The van der Waals surface area contributed by atoms with E-state index in [9.17, 15) is 0 Å². The molecule has 1 saturated carbocycles. The second-order valence-electron chi connectivity index (χ2n) is 5.70. The molecule has 1 aliphatic rings. The predicted molar refractivity (Wildman–Crippen MR) is 88.5 cm³/mol. The van der Waals surface area contributed by atoms with Crippen molar-refractivity contribution in [2.45, 2.75) is 38.1 Å². The van der Waals surface area contributed by atoms with Crippen LogP contribution in [0.4, 0.5) is 23.1 Å². The highest BCUT2D eigenvalue weighted by atomic mass is 15.4. The fraction of sp³-hybridized carbons (Fsp3) is 0.375. The summed E-state index contributed by atoms with van der Waals surface area (Å²) in [6.45, 7) is 0. The van der Waals surface area contributed by atoms with Gasteiger partial charge in [-0.05, 0) is 25.0 Å². The number of anilines is 4. The Morgan fingerprint density at radius 3 is 2.68 bits per heavy atom. The number of H-pyrrole nitrogens is 1. The molecule has 2 aromatic rings.